The molecule has 0 aromatic carbocycles. The molecule has 2 N–H and O–H groups in total. The van der Waals surface area contributed by atoms with Gasteiger partial charge in [-0.3, -0.25) is 9.36 Å². The Morgan fingerprint density at radius 2 is 2.33 bits per heavy atom. The van der Waals surface area contributed by atoms with Gasteiger partial charge in [0, 0.05) is 19.8 Å². The van der Waals surface area contributed by atoms with E-state index in [0.29, 0.717) is 24.6 Å². The van der Waals surface area contributed by atoms with Gasteiger partial charge in [-0.1, -0.05) is 5.21 Å². The van der Waals surface area contributed by atoms with Crippen LogP contribution < -0.4 is 5.32 Å². The predicted molar refractivity (Wildman–Crippen MR) is 63.4 cm³/mol. The number of hydrogen-bond acceptors (Lipinski definition) is 5. The van der Waals surface area contributed by atoms with Crippen molar-refractivity contribution in [2.75, 3.05) is 11.9 Å². The maximum Gasteiger partial charge on any atom is 0.341 e. The van der Waals surface area contributed by atoms with E-state index in [1.165, 1.54) is 4.68 Å². The second kappa shape index (κ2) is 4.86. The standard InChI is InChI=1S/C10H14N6O2/c1-7-8(10(17)18)9(15(2)13-7)11-3-5-16-6-4-12-14-16/h4,6,11H,3,5H2,1-2H3,(H,17,18). The molecule has 0 amide bonds. The Balaban J connectivity index is 2.07. The molecular weight excluding hydrogens is 236 g/mol. The lowest BCUT2D eigenvalue weighted by atomic mass is 10.2. The summed E-state index contributed by atoms with van der Waals surface area (Å²) in [6, 6.07) is 0. The van der Waals surface area contributed by atoms with Gasteiger partial charge in [-0.25, -0.2) is 4.79 Å². The third-order valence-corrected chi connectivity index (χ3v) is 2.54. The molecule has 0 unspecified atom stereocenters. The van der Waals surface area contributed by atoms with Gasteiger partial charge in [-0.15, -0.1) is 5.10 Å². The minimum atomic E-state index is -0.983. The van der Waals surface area contributed by atoms with Crippen molar-refractivity contribution in [1.82, 2.24) is 24.8 Å². The van der Waals surface area contributed by atoms with Crippen molar-refractivity contribution in [1.29, 1.82) is 0 Å². The van der Waals surface area contributed by atoms with E-state index in [2.05, 4.69) is 20.7 Å². The summed E-state index contributed by atoms with van der Waals surface area (Å²) in [5.74, 6) is -0.482. The molecule has 8 nitrogen and oxygen atoms in total. The lowest BCUT2D eigenvalue weighted by Crippen LogP contribution is -2.15. The summed E-state index contributed by atoms with van der Waals surface area (Å²) in [6.45, 7) is 2.82. The molecule has 0 saturated heterocycles. The third-order valence-electron chi connectivity index (χ3n) is 2.54. The number of carbonyl (C=O) groups is 1. The molecule has 0 radical (unpaired) electrons. The predicted octanol–water partition coefficient (Wildman–Crippen LogP) is 0.130. The fourth-order valence-corrected chi connectivity index (χ4v) is 1.76. The Labute approximate surface area is 103 Å². The molecule has 8 heteroatoms. The van der Waals surface area contributed by atoms with Crippen LogP contribution in [0.3, 0.4) is 0 Å². The summed E-state index contributed by atoms with van der Waals surface area (Å²) in [5.41, 5.74) is 0.698. The van der Waals surface area contributed by atoms with Crippen LogP contribution >= 0.6 is 0 Å². The van der Waals surface area contributed by atoms with Gasteiger partial charge in [0.1, 0.15) is 11.4 Å². The van der Waals surface area contributed by atoms with Crippen molar-refractivity contribution in [3.05, 3.63) is 23.7 Å². The van der Waals surface area contributed by atoms with Gasteiger partial charge >= 0.3 is 5.97 Å². The number of carboxylic acids is 1. The minimum Gasteiger partial charge on any atom is -0.477 e. The molecule has 0 spiro atoms. The lowest BCUT2D eigenvalue weighted by Gasteiger charge is -2.07. The highest BCUT2D eigenvalue weighted by atomic mass is 16.4. The first-order valence-corrected chi connectivity index (χ1v) is 5.44. The summed E-state index contributed by atoms with van der Waals surface area (Å²) in [5, 5.41) is 23.8. The zero-order valence-electron chi connectivity index (χ0n) is 10.2. The molecule has 0 atom stereocenters. The van der Waals surface area contributed by atoms with E-state index in [1.807, 2.05) is 0 Å². The Morgan fingerprint density at radius 1 is 1.56 bits per heavy atom. The normalized spacial score (nSPS) is 10.6. The van der Waals surface area contributed by atoms with E-state index in [9.17, 15) is 4.79 Å². The van der Waals surface area contributed by atoms with E-state index >= 15 is 0 Å². The lowest BCUT2D eigenvalue weighted by molar-refractivity contribution is 0.0697. The average molecular weight is 250 g/mol. The third kappa shape index (κ3) is 2.31. The quantitative estimate of drug-likeness (QED) is 0.782. The molecule has 0 bridgehead atoms. The van der Waals surface area contributed by atoms with Gasteiger partial charge in [-0.05, 0) is 6.92 Å². The van der Waals surface area contributed by atoms with Crippen LogP contribution in [0.1, 0.15) is 16.1 Å². The van der Waals surface area contributed by atoms with Crippen LogP contribution in [0.5, 0.6) is 0 Å². The zero-order chi connectivity index (χ0) is 13.1. The fraction of sp³-hybridized carbons (Fsp3) is 0.400. The van der Waals surface area contributed by atoms with Gasteiger partial charge in [0.15, 0.2) is 0 Å². The maximum absolute atomic E-state index is 11.1. The number of nitrogens with one attached hydrogen (secondary N) is 1. The number of carboxylic acid groups (broad SMARTS) is 1. The van der Waals surface area contributed by atoms with Crippen LogP contribution in [0.15, 0.2) is 12.4 Å². The van der Waals surface area contributed by atoms with Gasteiger partial charge in [0.2, 0.25) is 0 Å². The van der Waals surface area contributed by atoms with Crippen molar-refractivity contribution in [2.45, 2.75) is 13.5 Å². The van der Waals surface area contributed by atoms with Gasteiger partial charge in [0.25, 0.3) is 0 Å². The van der Waals surface area contributed by atoms with E-state index < -0.39 is 5.97 Å². The SMILES string of the molecule is Cc1nn(C)c(NCCn2ccnn2)c1C(=O)O. The van der Waals surface area contributed by atoms with Gasteiger partial charge < -0.3 is 10.4 Å². The molecule has 2 aromatic heterocycles. The topological polar surface area (TPSA) is 97.9 Å². The van der Waals surface area contributed by atoms with Crippen LogP contribution in [-0.2, 0) is 13.6 Å². The number of anilines is 1. The van der Waals surface area contributed by atoms with Gasteiger partial charge in [-0.2, -0.15) is 5.10 Å². The van der Waals surface area contributed by atoms with E-state index in [4.69, 9.17) is 5.11 Å². The number of hydrogen-bond donors (Lipinski definition) is 2. The number of aromatic carboxylic acids is 1. The van der Waals surface area contributed by atoms with Crippen molar-refractivity contribution in [2.24, 2.45) is 7.05 Å². The molecule has 0 aliphatic rings. The summed E-state index contributed by atoms with van der Waals surface area (Å²) in [7, 11) is 1.71. The monoisotopic (exact) mass is 250 g/mol. The second-order valence-corrected chi connectivity index (χ2v) is 3.83. The molecule has 2 heterocycles. The average Bonchev–Trinajstić information content (AvgIpc) is 2.87. The van der Waals surface area contributed by atoms with Gasteiger partial charge in [0.05, 0.1) is 18.4 Å². The van der Waals surface area contributed by atoms with Crippen molar-refractivity contribution in [3.63, 3.8) is 0 Å². The van der Waals surface area contributed by atoms with Crippen LogP contribution in [-0.4, -0.2) is 42.4 Å². The highest BCUT2D eigenvalue weighted by molar-refractivity contribution is 5.94. The molecule has 0 aliphatic heterocycles. The van der Waals surface area contributed by atoms with Crippen molar-refractivity contribution in [3.8, 4) is 0 Å². The van der Waals surface area contributed by atoms with E-state index in [1.54, 1.807) is 31.0 Å². The molecule has 0 fully saturated rings. The molecule has 2 aromatic rings. The number of aromatic nitrogens is 5. The Hall–Kier alpha value is -2.38. The van der Waals surface area contributed by atoms with Crippen LogP contribution in [0.4, 0.5) is 5.82 Å². The molecule has 0 saturated carbocycles. The summed E-state index contributed by atoms with van der Waals surface area (Å²) in [4.78, 5) is 11.1. The summed E-state index contributed by atoms with van der Waals surface area (Å²) >= 11 is 0. The fourth-order valence-electron chi connectivity index (χ4n) is 1.76. The molecule has 0 aliphatic carbocycles. The second-order valence-electron chi connectivity index (χ2n) is 3.83. The van der Waals surface area contributed by atoms with Crippen LogP contribution in [0.25, 0.3) is 0 Å². The highest BCUT2D eigenvalue weighted by Crippen LogP contribution is 2.18. The number of aryl methyl sites for hydroxylation is 2. The van der Waals surface area contributed by atoms with Crippen molar-refractivity contribution < 1.29 is 9.90 Å². The zero-order valence-corrected chi connectivity index (χ0v) is 10.2. The Bertz CT molecular complexity index is 545. The minimum absolute atomic E-state index is 0.205. The van der Waals surface area contributed by atoms with Crippen LogP contribution in [0.2, 0.25) is 0 Å². The van der Waals surface area contributed by atoms with Crippen LogP contribution in [0, 0.1) is 6.92 Å². The first kappa shape index (κ1) is 12.1. The largest absolute Gasteiger partial charge is 0.477 e. The smallest absolute Gasteiger partial charge is 0.341 e. The first-order chi connectivity index (χ1) is 8.59. The molecule has 96 valence electrons. The summed E-state index contributed by atoms with van der Waals surface area (Å²) in [6.07, 6.45) is 3.34. The maximum atomic E-state index is 11.1. The molecule has 18 heavy (non-hydrogen) atoms. The first-order valence-electron chi connectivity index (χ1n) is 5.44. The number of rotatable bonds is 5. The Kier molecular flexibility index (Phi) is 3.26. The Morgan fingerprint density at radius 3 is 2.94 bits per heavy atom. The van der Waals surface area contributed by atoms with E-state index in [0.717, 1.165) is 0 Å². The highest BCUT2D eigenvalue weighted by Gasteiger charge is 2.18. The molecule has 2 rings (SSSR count). The van der Waals surface area contributed by atoms with Crippen molar-refractivity contribution >= 4 is 11.8 Å². The number of nitrogens with zero attached hydrogens (tertiary/aromatic N) is 5. The van der Waals surface area contributed by atoms with E-state index in [-0.39, 0.29) is 5.56 Å². The summed E-state index contributed by atoms with van der Waals surface area (Å²) < 4.78 is 3.19. The molecular formula is C10H14N6O2.